The number of ether oxygens (including phenoxy) is 1. The fourth-order valence-electron chi connectivity index (χ4n) is 3.77. The van der Waals surface area contributed by atoms with Crippen LogP contribution >= 0.6 is 12.2 Å². The van der Waals surface area contributed by atoms with Crippen molar-refractivity contribution in [2.45, 2.75) is 32.9 Å². The van der Waals surface area contributed by atoms with Crippen LogP contribution in [0.3, 0.4) is 0 Å². The number of thiocarbonyl (C=S) groups is 1. The second kappa shape index (κ2) is 9.88. The maximum absolute atomic E-state index is 13.7. The molecule has 0 aliphatic carbocycles. The van der Waals surface area contributed by atoms with Gasteiger partial charge in [-0.15, -0.1) is 0 Å². The Bertz CT molecular complexity index is 1190. The van der Waals surface area contributed by atoms with Gasteiger partial charge in [0, 0.05) is 5.69 Å². The highest BCUT2D eigenvalue weighted by Gasteiger charge is 2.32. The van der Waals surface area contributed by atoms with Crippen LogP contribution < -0.4 is 20.7 Å². The SMILES string of the molecule is Cc1ccc(NC(=O)C2=C(c3ccccc3)NC(=S)NC2c2cccc(OC(C)C)c2)cc1. The summed E-state index contributed by atoms with van der Waals surface area (Å²) in [6.45, 7) is 5.98. The molecule has 168 valence electrons. The second-order valence-corrected chi connectivity index (χ2v) is 8.65. The number of hydrogen-bond donors (Lipinski definition) is 3. The van der Waals surface area contributed by atoms with Crippen molar-refractivity contribution in [3.8, 4) is 5.75 Å². The van der Waals surface area contributed by atoms with Crippen LogP contribution in [-0.2, 0) is 4.79 Å². The summed E-state index contributed by atoms with van der Waals surface area (Å²) in [5.74, 6) is 0.536. The van der Waals surface area contributed by atoms with Crippen LogP contribution in [0, 0.1) is 6.92 Å². The number of aryl methyl sites for hydroxylation is 1. The average Bonchev–Trinajstić information content (AvgIpc) is 2.80. The first kappa shape index (κ1) is 22.6. The first-order valence-corrected chi connectivity index (χ1v) is 11.3. The third-order valence-corrected chi connectivity index (χ3v) is 5.47. The molecule has 1 atom stereocenters. The zero-order valence-corrected chi connectivity index (χ0v) is 19.7. The van der Waals surface area contributed by atoms with Crippen LogP contribution in [0.25, 0.3) is 5.70 Å². The molecule has 0 saturated heterocycles. The summed E-state index contributed by atoms with van der Waals surface area (Å²) < 4.78 is 5.89. The Kier molecular flexibility index (Phi) is 6.75. The molecule has 1 unspecified atom stereocenters. The molecular weight excluding hydrogens is 430 g/mol. The molecule has 0 radical (unpaired) electrons. The number of hydrogen-bond acceptors (Lipinski definition) is 3. The van der Waals surface area contributed by atoms with Crippen molar-refractivity contribution in [3.05, 3.63) is 101 Å². The van der Waals surface area contributed by atoms with E-state index in [0.29, 0.717) is 16.4 Å². The summed E-state index contributed by atoms with van der Waals surface area (Å²) in [4.78, 5) is 13.7. The quantitative estimate of drug-likeness (QED) is 0.436. The molecule has 3 aromatic rings. The van der Waals surface area contributed by atoms with Gasteiger partial charge in [0.25, 0.3) is 5.91 Å². The number of anilines is 1. The van der Waals surface area contributed by atoms with E-state index in [1.807, 2.05) is 99.6 Å². The van der Waals surface area contributed by atoms with E-state index in [2.05, 4.69) is 16.0 Å². The Labute approximate surface area is 199 Å². The highest BCUT2D eigenvalue weighted by molar-refractivity contribution is 7.80. The summed E-state index contributed by atoms with van der Waals surface area (Å²) in [6, 6.07) is 24.8. The molecule has 1 aliphatic rings. The van der Waals surface area contributed by atoms with Crippen LogP contribution in [0.1, 0.15) is 36.6 Å². The first-order valence-electron chi connectivity index (χ1n) is 10.9. The lowest BCUT2D eigenvalue weighted by molar-refractivity contribution is -0.113. The fourth-order valence-corrected chi connectivity index (χ4v) is 3.99. The Morgan fingerprint density at radius 2 is 1.73 bits per heavy atom. The zero-order valence-electron chi connectivity index (χ0n) is 18.9. The molecule has 33 heavy (non-hydrogen) atoms. The monoisotopic (exact) mass is 457 g/mol. The molecule has 3 N–H and O–H groups in total. The number of carbonyl (C=O) groups is 1. The van der Waals surface area contributed by atoms with Crippen LogP contribution in [0.5, 0.6) is 5.75 Å². The van der Waals surface area contributed by atoms with E-state index < -0.39 is 6.04 Å². The van der Waals surface area contributed by atoms with Gasteiger partial charge in [0.05, 0.1) is 23.4 Å². The maximum atomic E-state index is 13.7. The van der Waals surface area contributed by atoms with Gasteiger partial charge in [-0.25, -0.2) is 0 Å². The van der Waals surface area contributed by atoms with Crippen molar-refractivity contribution < 1.29 is 9.53 Å². The predicted octanol–water partition coefficient (Wildman–Crippen LogP) is 5.35. The lowest BCUT2D eigenvalue weighted by Crippen LogP contribution is -2.45. The van der Waals surface area contributed by atoms with Crippen molar-refractivity contribution in [3.63, 3.8) is 0 Å². The molecule has 3 aromatic carbocycles. The molecular formula is C27H27N3O2S. The first-order chi connectivity index (χ1) is 15.9. The minimum Gasteiger partial charge on any atom is -0.491 e. The average molecular weight is 458 g/mol. The van der Waals surface area contributed by atoms with Crippen LogP contribution in [-0.4, -0.2) is 17.1 Å². The van der Waals surface area contributed by atoms with Crippen molar-refractivity contribution >= 4 is 34.6 Å². The van der Waals surface area contributed by atoms with E-state index in [4.69, 9.17) is 17.0 Å². The third kappa shape index (κ3) is 5.41. The lowest BCUT2D eigenvalue weighted by atomic mass is 9.92. The highest BCUT2D eigenvalue weighted by Crippen LogP contribution is 2.33. The minimum absolute atomic E-state index is 0.0436. The molecule has 0 aromatic heterocycles. The van der Waals surface area contributed by atoms with Crippen molar-refractivity contribution in [1.29, 1.82) is 0 Å². The van der Waals surface area contributed by atoms with Crippen molar-refractivity contribution in [1.82, 2.24) is 10.6 Å². The minimum atomic E-state index is -0.449. The Morgan fingerprint density at radius 1 is 1.00 bits per heavy atom. The van der Waals surface area contributed by atoms with E-state index in [-0.39, 0.29) is 12.0 Å². The van der Waals surface area contributed by atoms with E-state index in [0.717, 1.165) is 28.1 Å². The number of nitrogens with one attached hydrogen (secondary N) is 3. The topological polar surface area (TPSA) is 62.4 Å². The van der Waals surface area contributed by atoms with E-state index in [1.54, 1.807) is 0 Å². The number of rotatable bonds is 6. The van der Waals surface area contributed by atoms with E-state index >= 15 is 0 Å². The third-order valence-electron chi connectivity index (χ3n) is 5.25. The molecule has 1 heterocycles. The Morgan fingerprint density at radius 3 is 2.42 bits per heavy atom. The largest absolute Gasteiger partial charge is 0.491 e. The lowest BCUT2D eigenvalue weighted by Gasteiger charge is -2.32. The molecule has 6 heteroatoms. The zero-order chi connectivity index (χ0) is 23.4. The molecule has 0 saturated carbocycles. The van der Waals surface area contributed by atoms with Crippen molar-refractivity contribution in [2.24, 2.45) is 0 Å². The molecule has 4 rings (SSSR count). The van der Waals surface area contributed by atoms with E-state index in [9.17, 15) is 4.79 Å². The standard InChI is InChI=1S/C27H27N3O2S/c1-17(2)32-22-11-7-10-20(16-22)25-23(26(31)28-21-14-12-18(3)13-15-21)24(29-27(33)30-25)19-8-5-4-6-9-19/h4-17,25H,1-3H3,(H,28,31)(H2,29,30,33). The van der Waals surface area contributed by atoms with E-state index in [1.165, 1.54) is 0 Å². The molecule has 5 nitrogen and oxygen atoms in total. The molecule has 1 amide bonds. The predicted molar refractivity (Wildman–Crippen MR) is 137 cm³/mol. The Balaban J connectivity index is 1.80. The number of benzene rings is 3. The van der Waals surface area contributed by atoms with Gasteiger partial charge in [0.15, 0.2) is 5.11 Å². The van der Waals surface area contributed by atoms with Gasteiger partial charge in [0.2, 0.25) is 0 Å². The van der Waals surface area contributed by atoms with Gasteiger partial charge in [-0.3, -0.25) is 4.79 Å². The summed E-state index contributed by atoms with van der Waals surface area (Å²) in [7, 11) is 0. The van der Waals surface area contributed by atoms with Crippen molar-refractivity contribution in [2.75, 3.05) is 5.32 Å². The molecule has 0 fully saturated rings. The van der Waals surface area contributed by atoms with Crippen LogP contribution in [0.4, 0.5) is 5.69 Å². The Hall–Kier alpha value is -3.64. The second-order valence-electron chi connectivity index (χ2n) is 8.25. The normalized spacial score (nSPS) is 15.6. The molecule has 0 bridgehead atoms. The fraction of sp³-hybridized carbons (Fsp3) is 0.185. The summed E-state index contributed by atoms with van der Waals surface area (Å²) in [5, 5.41) is 10.0. The number of amides is 1. The van der Waals surface area contributed by atoms with Gasteiger partial charge >= 0.3 is 0 Å². The highest BCUT2D eigenvalue weighted by atomic mass is 32.1. The summed E-state index contributed by atoms with van der Waals surface area (Å²) >= 11 is 5.53. The van der Waals surface area contributed by atoms with Gasteiger partial charge < -0.3 is 20.7 Å². The van der Waals surface area contributed by atoms with Crippen LogP contribution in [0.15, 0.2) is 84.4 Å². The molecule has 1 aliphatic heterocycles. The molecule has 0 spiro atoms. The van der Waals surface area contributed by atoms with Crippen LogP contribution in [0.2, 0.25) is 0 Å². The van der Waals surface area contributed by atoms with Gasteiger partial charge in [0.1, 0.15) is 5.75 Å². The van der Waals surface area contributed by atoms with Gasteiger partial charge in [-0.1, -0.05) is 60.2 Å². The maximum Gasteiger partial charge on any atom is 0.256 e. The van der Waals surface area contributed by atoms with Gasteiger partial charge in [-0.05, 0) is 68.4 Å². The number of carbonyl (C=O) groups excluding carboxylic acids is 1. The van der Waals surface area contributed by atoms with Gasteiger partial charge in [-0.2, -0.15) is 0 Å². The summed E-state index contributed by atoms with van der Waals surface area (Å²) in [5.41, 5.74) is 4.87. The smallest absolute Gasteiger partial charge is 0.256 e. The summed E-state index contributed by atoms with van der Waals surface area (Å²) in [6.07, 6.45) is 0.0436.